The number of amidine groups is 1. The number of nitrogens with zero attached hydrogens (tertiary/aromatic N) is 4. The number of hydrogen-bond donors (Lipinski definition) is 2. The summed E-state index contributed by atoms with van der Waals surface area (Å²) >= 11 is 3.27. The van der Waals surface area contributed by atoms with Crippen molar-refractivity contribution in [2.75, 3.05) is 16.8 Å². The number of aliphatic imine (C=N–C) groups is 1. The van der Waals surface area contributed by atoms with Crippen molar-refractivity contribution in [1.82, 2.24) is 9.97 Å². The Morgan fingerprint density at radius 1 is 1.24 bits per heavy atom. The molecule has 3 N–H and O–H groups in total. The van der Waals surface area contributed by atoms with Crippen LogP contribution >= 0.6 is 28.3 Å². The van der Waals surface area contributed by atoms with Gasteiger partial charge in [0, 0.05) is 28.1 Å². The fraction of sp³-hybridized carbons (Fsp3) is 0.136. The van der Waals surface area contributed by atoms with Gasteiger partial charge in [0.2, 0.25) is 0 Å². The minimum atomic E-state index is -1.19. The molecule has 170 valence electrons. The van der Waals surface area contributed by atoms with Crippen LogP contribution in [0.4, 0.5) is 15.8 Å². The molecule has 11 heteroatoms. The Kier molecular flexibility index (Phi) is 7.09. The quantitative estimate of drug-likeness (QED) is 0.531. The molecule has 8 nitrogen and oxygen atoms in total. The Morgan fingerprint density at radius 3 is 2.70 bits per heavy atom. The van der Waals surface area contributed by atoms with E-state index in [1.54, 1.807) is 37.4 Å². The standard InChI is InChI=1S/C22H18BrFN6O2.ClH/c1-22(12-30(21(32)19(25)29-22)15-3-2-8-26-11-15)16-9-14(5-6-17(16)24)28-20(31)18-7-4-13(23)10-27-18;/h2-11H,12H2,1H3,(H2,25,29)(H,28,31);1H. The number of anilines is 2. The predicted molar refractivity (Wildman–Crippen MR) is 129 cm³/mol. The fourth-order valence-corrected chi connectivity index (χ4v) is 3.69. The van der Waals surface area contributed by atoms with Gasteiger partial charge in [-0.05, 0) is 65.3 Å². The second kappa shape index (κ2) is 9.63. The third-order valence-corrected chi connectivity index (χ3v) is 5.49. The molecule has 0 radical (unpaired) electrons. The molecule has 0 fully saturated rings. The third-order valence-electron chi connectivity index (χ3n) is 5.02. The number of benzene rings is 1. The predicted octanol–water partition coefficient (Wildman–Crippen LogP) is 3.67. The van der Waals surface area contributed by atoms with Crippen LogP contribution in [0.2, 0.25) is 0 Å². The summed E-state index contributed by atoms with van der Waals surface area (Å²) in [7, 11) is 0. The molecule has 3 aromatic rings. The largest absolute Gasteiger partial charge is 0.379 e. The molecule has 0 saturated heterocycles. The van der Waals surface area contributed by atoms with Crippen LogP contribution in [0.5, 0.6) is 0 Å². The van der Waals surface area contributed by atoms with Crippen molar-refractivity contribution in [2.45, 2.75) is 12.5 Å². The van der Waals surface area contributed by atoms with E-state index in [-0.39, 0.29) is 36.0 Å². The number of nitrogens with two attached hydrogens (primary N) is 1. The summed E-state index contributed by atoms with van der Waals surface area (Å²) in [6, 6.07) is 10.8. The molecule has 1 aliphatic heterocycles. The average molecular weight is 534 g/mol. The summed E-state index contributed by atoms with van der Waals surface area (Å²) in [5.41, 5.74) is 5.99. The lowest BCUT2D eigenvalue weighted by molar-refractivity contribution is -0.113. The number of carbonyl (C=O) groups is 2. The van der Waals surface area contributed by atoms with Crippen molar-refractivity contribution >= 4 is 57.4 Å². The minimum absolute atomic E-state index is 0. The highest BCUT2D eigenvalue weighted by Crippen LogP contribution is 2.35. The zero-order valence-corrected chi connectivity index (χ0v) is 19.7. The van der Waals surface area contributed by atoms with Crippen molar-refractivity contribution in [2.24, 2.45) is 10.7 Å². The van der Waals surface area contributed by atoms with E-state index in [2.05, 4.69) is 36.2 Å². The van der Waals surface area contributed by atoms with E-state index >= 15 is 0 Å². The van der Waals surface area contributed by atoms with Crippen LogP contribution in [-0.2, 0) is 10.3 Å². The van der Waals surface area contributed by atoms with Crippen LogP contribution in [0.25, 0.3) is 0 Å². The molecule has 0 aliphatic carbocycles. The van der Waals surface area contributed by atoms with Crippen LogP contribution in [0.1, 0.15) is 23.0 Å². The topological polar surface area (TPSA) is 114 Å². The molecule has 1 atom stereocenters. The molecule has 3 heterocycles. The number of hydrogen-bond acceptors (Lipinski definition) is 6. The molecular weight excluding hydrogens is 515 g/mol. The molecular formula is C22H19BrClFN6O2. The van der Waals surface area contributed by atoms with Crippen molar-refractivity contribution < 1.29 is 14.0 Å². The molecule has 1 aliphatic rings. The fourth-order valence-electron chi connectivity index (χ4n) is 3.46. The Hall–Kier alpha value is -3.37. The Balaban J connectivity index is 0.00000306. The monoisotopic (exact) mass is 532 g/mol. The average Bonchev–Trinajstić information content (AvgIpc) is 2.78. The highest BCUT2D eigenvalue weighted by molar-refractivity contribution is 9.10. The van der Waals surface area contributed by atoms with E-state index in [9.17, 15) is 14.0 Å². The van der Waals surface area contributed by atoms with Crippen LogP contribution in [0.3, 0.4) is 0 Å². The molecule has 1 unspecified atom stereocenters. The summed E-state index contributed by atoms with van der Waals surface area (Å²) in [5, 5.41) is 2.71. The summed E-state index contributed by atoms with van der Waals surface area (Å²) < 4.78 is 15.6. The van der Waals surface area contributed by atoms with Crippen molar-refractivity contribution in [3.63, 3.8) is 0 Å². The normalized spacial score (nSPS) is 17.7. The van der Waals surface area contributed by atoms with Crippen LogP contribution in [0, 0.1) is 5.82 Å². The Labute approximate surface area is 203 Å². The zero-order valence-electron chi connectivity index (χ0n) is 17.3. The number of pyridine rings is 2. The lowest BCUT2D eigenvalue weighted by atomic mass is 9.89. The van der Waals surface area contributed by atoms with Gasteiger partial charge in [-0.1, -0.05) is 0 Å². The highest BCUT2D eigenvalue weighted by atomic mass is 79.9. The van der Waals surface area contributed by atoms with Gasteiger partial charge >= 0.3 is 0 Å². The van der Waals surface area contributed by atoms with Gasteiger partial charge in [-0.15, -0.1) is 12.4 Å². The SMILES string of the molecule is CC1(c2cc(NC(=O)c3ccc(Br)cn3)ccc2F)CN(c2cccnc2)C(=O)C(N)=N1.Cl. The van der Waals surface area contributed by atoms with E-state index in [1.165, 1.54) is 35.5 Å². The lowest BCUT2D eigenvalue weighted by Gasteiger charge is -2.37. The molecule has 0 saturated carbocycles. The van der Waals surface area contributed by atoms with E-state index in [0.29, 0.717) is 11.4 Å². The van der Waals surface area contributed by atoms with E-state index < -0.39 is 23.2 Å². The first-order chi connectivity index (χ1) is 15.3. The Morgan fingerprint density at radius 2 is 2.03 bits per heavy atom. The van der Waals surface area contributed by atoms with Gasteiger partial charge in [0.15, 0.2) is 5.84 Å². The van der Waals surface area contributed by atoms with Gasteiger partial charge in [0.25, 0.3) is 11.8 Å². The molecule has 0 spiro atoms. The van der Waals surface area contributed by atoms with Gasteiger partial charge in [-0.2, -0.15) is 0 Å². The maximum Gasteiger partial charge on any atom is 0.293 e. The Bertz CT molecular complexity index is 1230. The second-order valence-corrected chi connectivity index (χ2v) is 8.30. The minimum Gasteiger partial charge on any atom is -0.379 e. The number of halogens is 3. The van der Waals surface area contributed by atoms with Gasteiger partial charge in [0.1, 0.15) is 17.1 Å². The van der Waals surface area contributed by atoms with Crippen LogP contribution in [0.15, 0.2) is 70.5 Å². The summed E-state index contributed by atoms with van der Waals surface area (Å²) in [6.45, 7) is 1.72. The number of carbonyl (C=O) groups excluding carboxylic acids is 2. The maximum atomic E-state index is 14.9. The van der Waals surface area contributed by atoms with Gasteiger partial charge < -0.3 is 16.0 Å². The molecule has 33 heavy (non-hydrogen) atoms. The van der Waals surface area contributed by atoms with E-state index in [1.807, 2.05) is 0 Å². The first kappa shape index (κ1) is 24.3. The maximum absolute atomic E-state index is 14.9. The molecule has 4 rings (SSSR count). The molecule has 2 aromatic heterocycles. The number of nitrogens with one attached hydrogen (secondary N) is 1. The van der Waals surface area contributed by atoms with Gasteiger partial charge in [-0.25, -0.2) is 9.37 Å². The summed E-state index contributed by atoms with van der Waals surface area (Å²) in [6.07, 6.45) is 4.62. The third kappa shape index (κ3) is 5.01. The van der Waals surface area contributed by atoms with Crippen molar-refractivity contribution in [3.8, 4) is 0 Å². The van der Waals surface area contributed by atoms with Gasteiger partial charge in [-0.3, -0.25) is 19.6 Å². The zero-order chi connectivity index (χ0) is 22.9. The number of rotatable bonds is 4. The highest BCUT2D eigenvalue weighted by Gasteiger charge is 2.39. The van der Waals surface area contributed by atoms with Crippen LogP contribution < -0.4 is 16.0 Å². The first-order valence-electron chi connectivity index (χ1n) is 9.57. The van der Waals surface area contributed by atoms with Crippen molar-refractivity contribution in [1.29, 1.82) is 0 Å². The molecule has 0 bridgehead atoms. The van der Waals surface area contributed by atoms with E-state index in [4.69, 9.17) is 5.73 Å². The lowest BCUT2D eigenvalue weighted by Crippen LogP contribution is -2.52. The van der Waals surface area contributed by atoms with Crippen LogP contribution in [-0.4, -0.2) is 34.2 Å². The molecule has 1 aromatic carbocycles. The summed E-state index contributed by atoms with van der Waals surface area (Å²) in [5.74, 6) is -1.71. The smallest absolute Gasteiger partial charge is 0.293 e. The molecule has 2 amide bonds. The van der Waals surface area contributed by atoms with E-state index in [0.717, 1.165) is 4.47 Å². The number of aromatic nitrogens is 2. The van der Waals surface area contributed by atoms with Crippen molar-refractivity contribution in [3.05, 3.63) is 82.6 Å². The summed E-state index contributed by atoms with van der Waals surface area (Å²) in [4.78, 5) is 38.9. The number of amides is 2. The van der Waals surface area contributed by atoms with Gasteiger partial charge in [0.05, 0.1) is 18.4 Å². The second-order valence-electron chi connectivity index (χ2n) is 7.38. The first-order valence-corrected chi connectivity index (χ1v) is 10.4.